The molecule has 0 fully saturated rings. The Labute approximate surface area is 191 Å². The van der Waals surface area contributed by atoms with Crippen LogP contribution >= 0.6 is 17.0 Å². The second-order valence-corrected chi connectivity index (χ2v) is 51.0. The Balaban J connectivity index is 2.02. The quantitative estimate of drug-likeness (QED) is 0.336. The fourth-order valence-corrected chi connectivity index (χ4v) is 49.1. The van der Waals surface area contributed by atoms with E-state index in [9.17, 15) is 0 Å². The Kier molecular flexibility index (Phi) is 5.98. The van der Waals surface area contributed by atoms with E-state index in [1.54, 1.807) is 0 Å². The first-order chi connectivity index (χ1) is 14.1. The van der Waals surface area contributed by atoms with Crippen molar-refractivity contribution in [2.75, 3.05) is 0 Å². The summed E-state index contributed by atoms with van der Waals surface area (Å²) >= 11 is -4.45. The van der Waals surface area contributed by atoms with E-state index in [2.05, 4.69) is 89.7 Å². The number of allylic oxidation sites excluding steroid dienone is 2. The summed E-state index contributed by atoms with van der Waals surface area (Å²) in [5, 5.41) is 0. The Morgan fingerprint density at radius 1 is 0.800 bits per heavy atom. The van der Waals surface area contributed by atoms with Crippen LogP contribution in [0, 0.1) is 13.8 Å². The second kappa shape index (κ2) is 7.87. The van der Waals surface area contributed by atoms with Gasteiger partial charge in [0.2, 0.25) is 0 Å². The second-order valence-electron chi connectivity index (χ2n) is 9.71. The van der Waals surface area contributed by atoms with Crippen LogP contribution in [0.15, 0.2) is 47.5 Å². The van der Waals surface area contributed by atoms with Gasteiger partial charge >= 0.3 is 192 Å². The molecule has 0 heterocycles. The summed E-state index contributed by atoms with van der Waals surface area (Å²) in [7, 11) is 16.5. The first-order valence-electron chi connectivity index (χ1n) is 11.2. The molecule has 0 aromatic heterocycles. The molecule has 4 rings (SSSR count). The van der Waals surface area contributed by atoms with Gasteiger partial charge in [-0.1, -0.05) is 0 Å². The topological polar surface area (TPSA) is 0 Å². The van der Waals surface area contributed by atoms with Crippen LogP contribution in [-0.2, 0) is 15.6 Å². The third-order valence-electron chi connectivity index (χ3n) is 7.76. The number of aryl methyl sites for hydroxylation is 2. The predicted molar refractivity (Wildman–Crippen MR) is 135 cm³/mol. The van der Waals surface area contributed by atoms with Gasteiger partial charge < -0.3 is 0 Å². The molecule has 0 nitrogen and oxygen atoms in total. The van der Waals surface area contributed by atoms with Crippen LogP contribution in [0.2, 0.25) is 12.6 Å². The van der Waals surface area contributed by atoms with Gasteiger partial charge in [0.1, 0.15) is 0 Å². The van der Waals surface area contributed by atoms with Crippen LogP contribution in [0.4, 0.5) is 0 Å². The molecule has 0 N–H and O–H groups in total. The van der Waals surface area contributed by atoms with Gasteiger partial charge in [0.05, 0.1) is 0 Å². The summed E-state index contributed by atoms with van der Waals surface area (Å²) < 4.78 is 0.440. The van der Waals surface area contributed by atoms with Crippen molar-refractivity contribution >= 4 is 35.1 Å². The number of rotatable bonds is 5. The third-order valence-corrected chi connectivity index (χ3v) is 58.6. The van der Waals surface area contributed by atoms with E-state index < -0.39 is 21.5 Å². The number of hydrogen-bond donors (Lipinski definition) is 0. The maximum absolute atomic E-state index is 8.24. The molecular weight excluding hydrogens is 503 g/mol. The molecule has 0 saturated carbocycles. The summed E-state index contributed by atoms with van der Waals surface area (Å²) in [4.78, 5) is 0. The van der Waals surface area contributed by atoms with E-state index in [1.807, 2.05) is 0 Å². The zero-order valence-corrected chi connectivity index (χ0v) is 24.1. The van der Waals surface area contributed by atoms with E-state index in [0.717, 1.165) is 0 Å². The van der Waals surface area contributed by atoms with E-state index in [1.165, 1.54) is 57.0 Å². The van der Waals surface area contributed by atoms with Crippen LogP contribution in [0.3, 0.4) is 0 Å². The number of fused-ring (bicyclic) bond motifs is 2. The zero-order chi connectivity index (χ0) is 21.9. The molecule has 3 unspecified atom stereocenters. The molecule has 0 radical (unpaired) electrons. The average molecular weight is 536 g/mol. The van der Waals surface area contributed by atoms with Crippen LogP contribution in [0.1, 0.15) is 67.8 Å². The summed E-state index contributed by atoms with van der Waals surface area (Å²) in [5.74, 6) is -1.42. The molecule has 30 heavy (non-hydrogen) atoms. The summed E-state index contributed by atoms with van der Waals surface area (Å²) in [6, 6.07) is 14.6. The van der Waals surface area contributed by atoms with Gasteiger partial charge in [-0.05, 0) is 0 Å². The molecule has 2 aromatic carbocycles. The van der Waals surface area contributed by atoms with Crippen molar-refractivity contribution in [1.82, 2.24) is 0 Å². The molecule has 4 heteroatoms. The van der Waals surface area contributed by atoms with Crippen molar-refractivity contribution in [3.05, 3.63) is 80.9 Å². The summed E-state index contributed by atoms with van der Waals surface area (Å²) in [6.45, 7) is 13.8. The molecule has 2 aliphatic carbocycles. The van der Waals surface area contributed by atoms with E-state index in [-0.39, 0.29) is 7.25 Å². The molecule has 0 spiro atoms. The third kappa shape index (κ3) is 3.16. The van der Waals surface area contributed by atoms with E-state index in [4.69, 9.17) is 17.0 Å². The fourth-order valence-electron chi connectivity index (χ4n) is 6.33. The van der Waals surface area contributed by atoms with Crippen LogP contribution in [0.25, 0.3) is 12.2 Å². The average Bonchev–Trinajstić information content (AvgIpc) is 3.21. The molecule has 0 amide bonds. The van der Waals surface area contributed by atoms with Gasteiger partial charge in [-0.2, -0.15) is 0 Å². The van der Waals surface area contributed by atoms with Gasteiger partial charge in [-0.15, -0.1) is 0 Å². The zero-order valence-electron chi connectivity index (χ0n) is 19.0. The normalized spacial score (nSPS) is 22.6. The minimum atomic E-state index is -4.45. The molecule has 159 valence electrons. The number of benzene rings is 2. The Bertz CT molecular complexity index is 1000. The van der Waals surface area contributed by atoms with Crippen LogP contribution in [-0.4, -0.2) is 5.92 Å². The molecule has 0 aliphatic heterocycles. The van der Waals surface area contributed by atoms with Crippen molar-refractivity contribution in [3.8, 4) is 0 Å². The van der Waals surface area contributed by atoms with Gasteiger partial charge in [-0.25, -0.2) is 0 Å². The number of halogens is 2. The van der Waals surface area contributed by atoms with Crippen molar-refractivity contribution in [2.24, 2.45) is 0 Å². The molecular formula is C26H33Cl2SiZr. The van der Waals surface area contributed by atoms with E-state index >= 15 is 0 Å². The van der Waals surface area contributed by atoms with Gasteiger partial charge in [0.15, 0.2) is 0 Å². The first-order valence-corrected chi connectivity index (χ1v) is 27.2. The predicted octanol–water partition coefficient (Wildman–Crippen LogP) is 8.68. The molecule has 0 bridgehead atoms. The molecule has 2 aliphatic rings. The van der Waals surface area contributed by atoms with Crippen LogP contribution in [0.5, 0.6) is 0 Å². The SMILES string of the molecule is CCC[SiH](C)[Zr]([Cl])([Cl])([CH]1C(C)=Cc2c(C)cccc21)[CH]1C(C)=Cc2c(C)cccc21. The first kappa shape index (κ1) is 22.8. The Morgan fingerprint density at radius 3 is 1.63 bits per heavy atom. The van der Waals surface area contributed by atoms with Gasteiger partial charge in [0, 0.05) is 0 Å². The van der Waals surface area contributed by atoms with E-state index in [0.29, 0.717) is 0 Å². The monoisotopic (exact) mass is 533 g/mol. The molecule has 2 aromatic rings. The maximum atomic E-state index is 8.24. The summed E-state index contributed by atoms with van der Waals surface area (Å²) in [5.41, 5.74) is 11.0. The van der Waals surface area contributed by atoms with Crippen molar-refractivity contribution < 1.29 is 15.6 Å². The van der Waals surface area contributed by atoms with Crippen molar-refractivity contribution in [3.63, 3.8) is 0 Å². The number of hydrogen-bond acceptors (Lipinski definition) is 0. The summed E-state index contributed by atoms with van der Waals surface area (Å²) in [6.07, 6.45) is 5.93. The fraction of sp³-hybridized carbons (Fsp3) is 0.385. The minimum absolute atomic E-state index is 0.220. The Hall–Kier alpha value is -0.400. The van der Waals surface area contributed by atoms with Gasteiger partial charge in [-0.3, -0.25) is 0 Å². The van der Waals surface area contributed by atoms with Crippen molar-refractivity contribution in [1.29, 1.82) is 0 Å². The van der Waals surface area contributed by atoms with Crippen LogP contribution < -0.4 is 0 Å². The molecule has 3 atom stereocenters. The molecule has 0 saturated heterocycles. The van der Waals surface area contributed by atoms with Crippen molar-refractivity contribution in [2.45, 2.75) is 60.9 Å². The van der Waals surface area contributed by atoms with Gasteiger partial charge in [0.25, 0.3) is 0 Å². The standard InChI is InChI=1S/2C11H11.C4H11Si.2ClH.Zr/c2*1-8-6-10-5-3-4-9(2)11(10)7-8;1-3-4-5-2;;;/h2*3-7H,1-2H3;5H,3-4H2,1-2H3;2*1H;/q;;;;;+2/p-2. The Morgan fingerprint density at radius 2 is 1.23 bits per heavy atom.